The highest BCUT2D eigenvalue weighted by Crippen LogP contribution is 2.38. The number of hydrogen-bond donors (Lipinski definition) is 1. The fourth-order valence-corrected chi connectivity index (χ4v) is 4.62. The van der Waals surface area contributed by atoms with E-state index in [0.29, 0.717) is 25.3 Å². The largest absolute Gasteiger partial charge is 0.481 e. The molecule has 0 aliphatic carbocycles. The van der Waals surface area contributed by atoms with Crippen molar-refractivity contribution in [3.8, 4) is 5.75 Å². The summed E-state index contributed by atoms with van der Waals surface area (Å²) < 4.78 is 6.19. The quantitative estimate of drug-likeness (QED) is 0.487. The summed E-state index contributed by atoms with van der Waals surface area (Å²) in [5, 5.41) is 2.98. The molecule has 0 radical (unpaired) electrons. The Hall–Kier alpha value is -3.60. The molecule has 1 heterocycles. The minimum absolute atomic E-state index is 0.0834. The van der Waals surface area contributed by atoms with Gasteiger partial charge in [-0.25, -0.2) is 0 Å². The van der Waals surface area contributed by atoms with Crippen molar-refractivity contribution >= 4 is 11.8 Å². The van der Waals surface area contributed by atoms with Crippen molar-refractivity contribution in [1.29, 1.82) is 0 Å². The summed E-state index contributed by atoms with van der Waals surface area (Å²) in [6, 6.07) is 25.8. The Morgan fingerprint density at radius 3 is 2.34 bits per heavy atom. The number of hydrogen-bond acceptors (Lipinski definition) is 3. The molecule has 1 aliphatic rings. The van der Waals surface area contributed by atoms with E-state index in [0.717, 1.165) is 23.1 Å². The Bertz CT molecular complexity index is 1140. The highest BCUT2D eigenvalue weighted by Gasteiger charge is 2.33. The molecule has 0 bridgehead atoms. The van der Waals surface area contributed by atoms with Crippen molar-refractivity contribution in [2.75, 3.05) is 6.54 Å². The molecule has 2 amide bonds. The maximum absolute atomic E-state index is 13.1. The maximum atomic E-state index is 13.1. The van der Waals surface area contributed by atoms with Crippen LogP contribution in [-0.2, 0) is 22.6 Å². The summed E-state index contributed by atoms with van der Waals surface area (Å²) in [5.41, 5.74) is 4.39. The molecule has 182 valence electrons. The molecule has 0 aromatic heterocycles. The monoisotopic (exact) mass is 470 g/mol. The number of nitrogens with one attached hydrogen (secondary N) is 1. The Morgan fingerprint density at radius 2 is 1.69 bits per heavy atom. The van der Waals surface area contributed by atoms with Crippen molar-refractivity contribution in [1.82, 2.24) is 10.2 Å². The van der Waals surface area contributed by atoms with Crippen LogP contribution in [0.3, 0.4) is 0 Å². The fourth-order valence-electron chi connectivity index (χ4n) is 4.62. The van der Waals surface area contributed by atoms with Crippen molar-refractivity contribution in [2.45, 2.75) is 52.3 Å². The zero-order valence-corrected chi connectivity index (χ0v) is 20.7. The molecule has 0 saturated carbocycles. The van der Waals surface area contributed by atoms with E-state index >= 15 is 0 Å². The second-order valence-electron chi connectivity index (χ2n) is 9.33. The Balaban J connectivity index is 1.58. The van der Waals surface area contributed by atoms with Crippen LogP contribution in [0.2, 0.25) is 0 Å². The molecular formula is C30H34N2O3. The van der Waals surface area contributed by atoms with Crippen LogP contribution < -0.4 is 10.1 Å². The second-order valence-corrected chi connectivity index (χ2v) is 9.33. The van der Waals surface area contributed by atoms with Crippen LogP contribution in [-0.4, -0.2) is 29.4 Å². The number of carbonyl (C=O) groups excluding carboxylic acids is 2. The van der Waals surface area contributed by atoms with Gasteiger partial charge in [0.05, 0.1) is 6.04 Å². The van der Waals surface area contributed by atoms with Crippen molar-refractivity contribution in [2.24, 2.45) is 5.92 Å². The van der Waals surface area contributed by atoms with Gasteiger partial charge in [0.2, 0.25) is 5.91 Å². The predicted octanol–water partition coefficient (Wildman–Crippen LogP) is 5.29. The first kappa shape index (κ1) is 24.5. The summed E-state index contributed by atoms with van der Waals surface area (Å²) >= 11 is 0. The van der Waals surface area contributed by atoms with Gasteiger partial charge in [-0.2, -0.15) is 0 Å². The average molecular weight is 471 g/mol. The molecular weight excluding hydrogens is 436 g/mol. The summed E-state index contributed by atoms with van der Waals surface area (Å²) in [6.45, 7) is 6.98. The molecule has 5 nitrogen and oxygen atoms in total. The van der Waals surface area contributed by atoms with Gasteiger partial charge in [0.15, 0.2) is 6.10 Å². The molecule has 0 spiro atoms. The van der Waals surface area contributed by atoms with Crippen LogP contribution in [0.4, 0.5) is 0 Å². The Morgan fingerprint density at radius 1 is 1.00 bits per heavy atom. The number of benzene rings is 3. The molecule has 3 aromatic rings. The van der Waals surface area contributed by atoms with Crippen LogP contribution in [0, 0.1) is 5.92 Å². The predicted molar refractivity (Wildman–Crippen MR) is 138 cm³/mol. The normalized spacial score (nSPS) is 15.9. The zero-order chi connectivity index (χ0) is 24.8. The highest BCUT2D eigenvalue weighted by atomic mass is 16.5. The first-order valence-electron chi connectivity index (χ1n) is 12.4. The molecule has 0 saturated heterocycles. The van der Waals surface area contributed by atoms with E-state index in [9.17, 15) is 9.59 Å². The zero-order valence-electron chi connectivity index (χ0n) is 20.7. The molecule has 0 unspecified atom stereocenters. The third kappa shape index (κ3) is 5.73. The van der Waals surface area contributed by atoms with Gasteiger partial charge in [0.1, 0.15) is 5.75 Å². The van der Waals surface area contributed by atoms with E-state index < -0.39 is 6.10 Å². The third-order valence-corrected chi connectivity index (χ3v) is 6.49. The van der Waals surface area contributed by atoms with Crippen LogP contribution in [0.15, 0.2) is 78.9 Å². The van der Waals surface area contributed by atoms with Crippen molar-refractivity contribution in [3.63, 3.8) is 0 Å². The van der Waals surface area contributed by atoms with E-state index in [4.69, 9.17) is 4.74 Å². The lowest BCUT2D eigenvalue weighted by Gasteiger charge is -2.39. The van der Waals surface area contributed by atoms with Gasteiger partial charge >= 0.3 is 0 Å². The van der Waals surface area contributed by atoms with E-state index in [-0.39, 0.29) is 23.8 Å². The van der Waals surface area contributed by atoms with Gasteiger partial charge in [0.25, 0.3) is 5.91 Å². The van der Waals surface area contributed by atoms with Gasteiger partial charge in [-0.1, -0.05) is 87.5 Å². The topological polar surface area (TPSA) is 58.6 Å². The smallest absolute Gasteiger partial charge is 0.261 e. The first-order valence-corrected chi connectivity index (χ1v) is 12.4. The molecule has 5 heteroatoms. The average Bonchev–Trinajstić information content (AvgIpc) is 2.90. The maximum Gasteiger partial charge on any atom is 0.261 e. The molecule has 35 heavy (non-hydrogen) atoms. The number of nitrogens with zero attached hydrogens (tertiary/aromatic N) is 1. The van der Waals surface area contributed by atoms with E-state index in [2.05, 4.69) is 23.5 Å². The second kappa shape index (κ2) is 11.2. The molecule has 1 N–H and O–H groups in total. The van der Waals surface area contributed by atoms with Crippen molar-refractivity contribution in [3.05, 3.63) is 101 Å². The van der Waals surface area contributed by atoms with Gasteiger partial charge in [0, 0.05) is 19.0 Å². The number of fused-ring (bicyclic) bond motifs is 1. The lowest BCUT2D eigenvalue weighted by atomic mass is 9.87. The van der Waals surface area contributed by atoms with E-state index in [1.54, 1.807) is 0 Å². The molecule has 3 aromatic carbocycles. The minimum atomic E-state index is -0.594. The van der Waals surface area contributed by atoms with Gasteiger partial charge < -0.3 is 15.0 Å². The first-order chi connectivity index (χ1) is 17.0. The van der Waals surface area contributed by atoms with Gasteiger partial charge in [-0.15, -0.1) is 0 Å². The van der Waals surface area contributed by atoms with E-state index in [1.165, 1.54) is 5.56 Å². The molecule has 1 aliphatic heterocycles. The number of carbonyl (C=O) groups is 2. The molecule has 0 fully saturated rings. The van der Waals surface area contributed by atoms with Gasteiger partial charge in [-0.05, 0) is 47.2 Å². The highest BCUT2D eigenvalue weighted by molar-refractivity contribution is 5.81. The summed E-state index contributed by atoms with van der Waals surface area (Å²) in [6.07, 6.45) is 0.758. The summed E-state index contributed by atoms with van der Waals surface area (Å²) in [4.78, 5) is 28.0. The SMILES string of the molecule is CC[C@H](Oc1ccc2c(c1)[C@@H](c1ccccc1)N(C(=O)C(C)C)CC2)C(=O)NCc1ccccc1. The number of rotatable bonds is 8. The Labute approximate surface area is 208 Å². The minimum Gasteiger partial charge on any atom is -0.481 e. The van der Waals surface area contributed by atoms with Crippen LogP contribution in [0.1, 0.15) is 55.5 Å². The number of amides is 2. The standard InChI is InChI=1S/C30H34N2O3/c1-4-27(29(33)31-20-22-11-7-5-8-12-22)35-25-16-15-23-17-18-32(30(34)21(2)3)28(26(23)19-25)24-13-9-6-10-14-24/h5-16,19,21,27-28H,4,17-18,20H2,1-3H3,(H,31,33)/t27-,28+/m0/s1. The summed E-state index contributed by atoms with van der Waals surface area (Å²) in [5.74, 6) is 0.568. The Kier molecular flexibility index (Phi) is 7.86. The molecule has 2 atom stereocenters. The van der Waals surface area contributed by atoms with Crippen molar-refractivity contribution < 1.29 is 14.3 Å². The fraction of sp³-hybridized carbons (Fsp3) is 0.333. The van der Waals surface area contributed by atoms with Crippen LogP contribution in [0.5, 0.6) is 5.75 Å². The van der Waals surface area contributed by atoms with E-state index in [1.807, 2.05) is 86.3 Å². The molecule has 4 rings (SSSR count). The lowest BCUT2D eigenvalue weighted by molar-refractivity contribution is -0.136. The summed E-state index contributed by atoms with van der Waals surface area (Å²) in [7, 11) is 0. The lowest BCUT2D eigenvalue weighted by Crippen LogP contribution is -2.42. The van der Waals surface area contributed by atoms with Crippen LogP contribution >= 0.6 is 0 Å². The van der Waals surface area contributed by atoms with Gasteiger partial charge in [-0.3, -0.25) is 9.59 Å². The third-order valence-electron chi connectivity index (χ3n) is 6.49. The number of ether oxygens (including phenoxy) is 1. The van der Waals surface area contributed by atoms with Crippen LogP contribution in [0.25, 0.3) is 0 Å².